The van der Waals surface area contributed by atoms with E-state index < -0.39 is 10.0 Å². The van der Waals surface area contributed by atoms with Crippen LogP contribution in [0, 0.1) is 0 Å². The van der Waals surface area contributed by atoms with Crippen molar-refractivity contribution >= 4 is 44.8 Å². The minimum atomic E-state index is -3.83. The zero-order chi connectivity index (χ0) is 12.3. The predicted octanol–water partition coefficient (Wildman–Crippen LogP) is 2.55. The van der Waals surface area contributed by atoms with Crippen LogP contribution in [0.25, 0.3) is 0 Å². The monoisotopic (exact) mass is 301 g/mol. The molecule has 7 heteroatoms. The van der Waals surface area contributed by atoms with E-state index in [2.05, 4.69) is 0 Å². The Morgan fingerprint density at radius 1 is 1.00 bits per heavy atom. The molecule has 0 fully saturated rings. The van der Waals surface area contributed by atoms with Gasteiger partial charge in [0.1, 0.15) is 0 Å². The molecule has 0 aliphatic carbocycles. The predicted molar refractivity (Wildman–Crippen MR) is 66.5 cm³/mol. The molecular formula is C9H10Cl3NO2S. The first-order valence-electron chi connectivity index (χ1n) is 4.29. The van der Waals surface area contributed by atoms with E-state index in [0.717, 1.165) is 5.56 Å². The Labute approximate surface area is 110 Å². The molecule has 0 radical (unpaired) electrons. The lowest BCUT2D eigenvalue weighted by molar-refractivity contribution is 0.596. The molecule has 0 spiro atoms. The number of sulfonamides is 1. The Hall–Kier alpha value is -0.000000000000000111. The number of nitrogens with two attached hydrogens (primary N) is 1. The van der Waals surface area contributed by atoms with Crippen LogP contribution in [0.2, 0.25) is 0 Å². The van der Waals surface area contributed by atoms with Crippen molar-refractivity contribution in [2.24, 2.45) is 5.14 Å². The van der Waals surface area contributed by atoms with E-state index in [9.17, 15) is 8.42 Å². The van der Waals surface area contributed by atoms with E-state index >= 15 is 0 Å². The molecule has 1 rings (SSSR count). The molecule has 0 aliphatic rings. The SMILES string of the molecule is NS(=O)(=O)c1c(CCl)cc(CCl)cc1CCl. The van der Waals surface area contributed by atoms with Crippen LogP contribution in [0.3, 0.4) is 0 Å². The lowest BCUT2D eigenvalue weighted by Crippen LogP contribution is -2.17. The van der Waals surface area contributed by atoms with Gasteiger partial charge in [0.05, 0.1) is 4.90 Å². The molecule has 3 nitrogen and oxygen atoms in total. The van der Waals surface area contributed by atoms with Crippen LogP contribution in [0.5, 0.6) is 0 Å². The first kappa shape index (κ1) is 14.1. The molecule has 0 saturated carbocycles. The van der Waals surface area contributed by atoms with Crippen LogP contribution in [0.4, 0.5) is 0 Å². The maximum Gasteiger partial charge on any atom is 0.238 e. The standard InChI is InChI=1S/C9H10Cl3NO2S/c10-3-6-1-7(4-11)9(16(13,14)15)8(2-6)5-12/h1-2H,3-5H2,(H2,13,14,15). The van der Waals surface area contributed by atoms with Gasteiger partial charge in [-0.2, -0.15) is 0 Å². The molecule has 2 N–H and O–H groups in total. The van der Waals surface area contributed by atoms with Gasteiger partial charge in [-0.15, -0.1) is 34.8 Å². The topological polar surface area (TPSA) is 60.2 Å². The third kappa shape index (κ3) is 3.02. The second-order valence-corrected chi connectivity index (χ2v) is 5.49. The third-order valence-electron chi connectivity index (χ3n) is 2.03. The smallest absolute Gasteiger partial charge is 0.225 e. The number of halogens is 3. The van der Waals surface area contributed by atoms with E-state index in [0.29, 0.717) is 11.1 Å². The summed E-state index contributed by atoms with van der Waals surface area (Å²) in [7, 11) is -3.83. The largest absolute Gasteiger partial charge is 0.238 e. The number of hydrogen-bond acceptors (Lipinski definition) is 2. The minimum absolute atomic E-state index is 0.00590. The zero-order valence-electron chi connectivity index (χ0n) is 8.21. The first-order valence-corrected chi connectivity index (χ1v) is 7.44. The van der Waals surface area contributed by atoms with Crippen LogP contribution >= 0.6 is 34.8 Å². The number of primary sulfonamides is 1. The Morgan fingerprint density at radius 2 is 1.44 bits per heavy atom. The highest BCUT2D eigenvalue weighted by Gasteiger charge is 2.19. The lowest BCUT2D eigenvalue weighted by atomic mass is 10.1. The second-order valence-electron chi connectivity index (χ2n) is 3.19. The molecule has 0 saturated heterocycles. The summed E-state index contributed by atoms with van der Waals surface area (Å²) in [6.07, 6.45) is 0. The van der Waals surface area contributed by atoms with E-state index in [-0.39, 0.29) is 22.5 Å². The van der Waals surface area contributed by atoms with Gasteiger partial charge in [-0.25, -0.2) is 13.6 Å². The summed E-state index contributed by atoms with van der Waals surface area (Å²) in [5.41, 5.74) is 1.62. The highest BCUT2D eigenvalue weighted by Crippen LogP contribution is 2.25. The van der Waals surface area contributed by atoms with Crippen LogP contribution in [0.15, 0.2) is 17.0 Å². The van der Waals surface area contributed by atoms with Crippen molar-refractivity contribution in [3.63, 3.8) is 0 Å². The highest BCUT2D eigenvalue weighted by molar-refractivity contribution is 7.89. The normalized spacial score (nSPS) is 11.8. The van der Waals surface area contributed by atoms with E-state index in [1.54, 1.807) is 12.1 Å². The summed E-state index contributed by atoms with van der Waals surface area (Å²) in [6.45, 7) is 0. The Balaban J connectivity index is 3.57. The zero-order valence-corrected chi connectivity index (χ0v) is 11.3. The molecule has 1 aromatic carbocycles. The van der Waals surface area contributed by atoms with Crippen molar-refractivity contribution in [2.75, 3.05) is 0 Å². The van der Waals surface area contributed by atoms with E-state index in [1.165, 1.54) is 0 Å². The summed E-state index contributed by atoms with van der Waals surface area (Å²) < 4.78 is 22.8. The molecule has 0 bridgehead atoms. The van der Waals surface area contributed by atoms with Crippen LogP contribution in [0.1, 0.15) is 16.7 Å². The molecule has 0 aliphatic heterocycles. The van der Waals surface area contributed by atoms with Gasteiger partial charge < -0.3 is 0 Å². The summed E-state index contributed by atoms with van der Waals surface area (Å²) in [4.78, 5) is 0.00590. The quantitative estimate of drug-likeness (QED) is 0.869. The van der Waals surface area contributed by atoms with Gasteiger partial charge in [0.25, 0.3) is 0 Å². The van der Waals surface area contributed by atoms with E-state index in [4.69, 9.17) is 39.9 Å². The Kier molecular flexibility index (Phi) is 4.88. The maximum atomic E-state index is 11.4. The van der Waals surface area contributed by atoms with Crippen molar-refractivity contribution < 1.29 is 8.42 Å². The molecule has 0 atom stereocenters. The molecule has 90 valence electrons. The fourth-order valence-electron chi connectivity index (χ4n) is 1.47. The van der Waals surface area contributed by atoms with Gasteiger partial charge in [0, 0.05) is 17.6 Å². The van der Waals surface area contributed by atoms with Crippen molar-refractivity contribution in [2.45, 2.75) is 22.5 Å². The Bertz CT molecular complexity index is 463. The molecule has 1 aromatic rings. The average Bonchev–Trinajstić information content (AvgIpc) is 2.25. The van der Waals surface area contributed by atoms with Gasteiger partial charge in [0.2, 0.25) is 10.0 Å². The number of rotatable bonds is 4. The van der Waals surface area contributed by atoms with Crippen LogP contribution < -0.4 is 5.14 Å². The molecule has 0 heterocycles. The van der Waals surface area contributed by atoms with Gasteiger partial charge in [-0.3, -0.25) is 0 Å². The summed E-state index contributed by atoms with van der Waals surface area (Å²) in [6, 6.07) is 3.24. The van der Waals surface area contributed by atoms with Gasteiger partial charge in [-0.05, 0) is 16.7 Å². The number of benzene rings is 1. The van der Waals surface area contributed by atoms with E-state index in [1.807, 2.05) is 0 Å². The molecule has 16 heavy (non-hydrogen) atoms. The second kappa shape index (κ2) is 5.56. The maximum absolute atomic E-state index is 11.4. The lowest BCUT2D eigenvalue weighted by Gasteiger charge is -2.11. The molecule has 0 amide bonds. The minimum Gasteiger partial charge on any atom is -0.225 e. The van der Waals surface area contributed by atoms with Crippen molar-refractivity contribution in [3.05, 3.63) is 28.8 Å². The summed E-state index contributed by atoms with van der Waals surface area (Å²) >= 11 is 17.1. The van der Waals surface area contributed by atoms with Crippen molar-refractivity contribution in [3.8, 4) is 0 Å². The fraction of sp³-hybridized carbons (Fsp3) is 0.333. The molecule has 0 unspecified atom stereocenters. The van der Waals surface area contributed by atoms with Crippen LogP contribution in [-0.2, 0) is 27.7 Å². The highest BCUT2D eigenvalue weighted by atomic mass is 35.5. The fourth-order valence-corrected chi connectivity index (χ4v) is 3.20. The average molecular weight is 303 g/mol. The van der Waals surface area contributed by atoms with Gasteiger partial charge in [0.15, 0.2) is 0 Å². The third-order valence-corrected chi connectivity index (χ3v) is 4.01. The van der Waals surface area contributed by atoms with Gasteiger partial charge in [-0.1, -0.05) is 12.1 Å². The molecule has 0 aromatic heterocycles. The summed E-state index contributed by atoms with van der Waals surface area (Å²) in [5, 5.41) is 5.12. The first-order chi connectivity index (χ1) is 7.43. The van der Waals surface area contributed by atoms with Crippen molar-refractivity contribution in [1.82, 2.24) is 0 Å². The van der Waals surface area contributed by atoms with Crippen LogP contribution in [-0.4, -0.2) is 8.42 Å². The van der Waals surface area contributed by atoms with Gasteiger partial charge >= 0.3 is 0 Å². The number of hydrogen-bond donors (Lipinski definition) is 1. The molecular weight excluding hydrogens is 293 g/mol. The van der Waals surface area contributed by atoms with Crippen molar-refractivity contribution in [1.29, 1.82) is 0 Å². The Morgan fingerprint density at radius 3 is 1.69 bits per heavy atom. The summed E-state index contributed by atoms with van der Waals surface area (Å²) in [5.74, 6) is 0.347. The number of alkyl halides is 3.